The SMILES string of the molecule is COC(=O)C/C(=N\NC(=O)c1ccccc1O)C(=O)OC. The lowest BCUT2D eigenvalue weighted by molar-refractivity contribution is -0.140. The monoisotopic (exact) mass is 294 g/mol. The van der Waals surface area contributed by atoms with Gasteiger partial charge in [-0.1, -0.05) is 12.1 Å². The van der Waals surface area contributed by atoms with Crippen LogP contribution < -0.4 is 5.43 Å². The largest absolute Gasteiger partial charge is 0.507 e. The minimum atomic E-state index is -0.877. The number of phenolic OH excluding ortho intramolecular Hbond substituents is 1. The van der Waals surface area contributed by atoms with Crippen LogP contribution in [0.1, 0.15) is 16.8 Å². The molecule has 1 rings (SSSR count). The minimum absolute atomic E-state index is 0.0245. The van der Waals surface area contributed by atoms with Crippen molar-refractivity contribution in [1.29, 1.82) is 0 Å². The quantitative estimate of drug-likeness (QED) is 0.456. The Bertz CT molecular complexity index is 582. The van der Waals surface area contributed by atoms with Gasteiger partial charge in [0.25, 0.3) is 5.91 Å². The van der Waals surface area contributed by atoms with E-state index in [-0.39, 0.29) is 17.0 Å². The molecule has 1 aromatic rings. The van der Waals surface area contributed by atoms with Gasteiger partial charge in [0.2, 0.25) is 0 Å². The lowest BCUT2D eigenvalue weighted by Gasteiger charge is -2.05. The molecule has 0 spiro atoms. The second-order valence-corrected chi connectivity index (χ2v) is 3.76. The van der Waals surface area contributed by atoms with Crippen molar-refractivity contribution in [1.82, 2.24) is 5.43 Å². The van der Waals surface area contributed by atoms with Gasteiger partial charge >= 0.3 is 11.9 Å². The number of hydrogen-bond acceptors (Lipinski definition) is 7. The summed E-state index contributed by atoms with van der Waals surface area (Å²) in [7, 11) is 2.26. The molecule has 112 valence electrons. The first kappa shape index (κ1) is 16.2. The number of nitrogens with one attached hydrogen (secondary N) is 1. The van der Waals surface area contributed by atoms with Crippen LogP contribution in [-0.4, -0.2) is 42.9 Å². The fraction of sp³-hybridized carbons (Fsp3) is 0.231. The molecule has 0 fully saturated rings. The molecule has 1 amide bonds. The second kappa shape index (κ2) is 7.63. The molecule has 8 nitrogen and oxygen atoms in total. The van der Waals surface area contributed by atoms with Crippen LogP contribution in [0.25, 0.3) is 0 Å². The van der Waals surface area contributed by atoms with Crippen LogP contribution in [0.5, 0.6) is 5.75 Å². The molecule has 0 aliphatic heterocycles. The van der Waals surface area contributed by atoms with Crippen LogP contribution in [0.3, 0.4) is 0 Å². The number of methoxy groups -OCH3 is 2. The molecule has 0 heterocycles. The molecule has 0 unspecified atom stereocenters. The van der Waals surface area contributed by atoms with Crippen LogP contribution in [0.15, 0.2) is 29.4 Å². The molecule has 2 N–H and O–H groups in total. The smallest absolute Gasteiger partial charge is 0.354 e. The fourth-order valence-corrected chi connectivity index (χ4v) is 1.33. The standard InChI is InChI=1S/C13H14N2O6/c1-20-11(17)7-9(13(19)21-2)14-15-12(18)8-5-3-4-6-10(8)16/h3-6,16H,7H2,1-2H3,(H,15,18)/b14-9+. The molecule has 1 aromatic carbocycles. The number of ether oxygens (including phenoxy) is 2. The number of carbonyl (C=O) groups is 3. The summed E-state index contributed by atoms with van der Waals surface area (Å²) >= 11 is 0. The Labute approximate surface area is 120 Å². The summed E-state index contributed by atoms with van der Waals surface area (Å²) in [5.41, 5.74) is 1.71. The van der Waals surface area contributed by atoms with Gasteiger partial charge in [-0.25, -0.2) is 10.2 Å². The summed E-state index contributed by atoms with van der Waals surface area (Å²) in [6.07, 6.45) is -0.454. The number of nitrogens with zero attached hydrogens (tertiary/aromatic N) is 1. The third-order valence-electron chi connectivity index (χ3n) is 2.40. The molecule has 0 saturated heterocycles. The van der Waals surface area contributed by atoms with Gasteiger partial charge in [0.1, 0.15) is 5.75 Å². The van der Waals surface area contributed by atoms with Crippen molar-refractivity contribution < 1.29 is 29.0 Å². The number of esters is 2. The molecule has 0 radical (unpaired) electrons. The van der Waals surface area contributed by atoms with E-state index in [0.29, 0.717) is 0 Å². The Morgan fingerprint density at radius 3 is 2.43 bits per heavy atom. The predicted octanol–water partition coefficient (Wildman–Crippen LogP) is 0.214. The number of carbonyl (C=O) groups excluding carboxylic acids is 3. The van der Waals surface area contributed by atoms with E-state index in [1.165, 1.54) is 12.1 Å². The number of rotatable bonds is 5. The van der Waals surface area contributed by atoms with Gasteiger partial charge < -0.3 is 14.6 Å². The van der Waals surface area contributed by atoms with Gasteiger partial charge in [0.05, 0.1) is 26.2 Å². The Balaban J connectivity index is 2.87. The second-order valence-electron chi connectivity index (χ2n) is 3.76. The van der Waals surface area contributed by atoms with Crippen molar-refractivity contribution in [2.24, 2.45) is 5.10 Å². The third-order valence-corrected chi connectivity index (χ3v) is 2.40. The van der Waals surface area contributed by atoms with Gasteiger partial charge in [-0.15, -0.1) is 0 Å². The van der Waals surface area contributed by atoms with Gasteiger partial charge in [0, 0.05) is 0 Å². The van der Waals surface area contributed by atoms with Gasteiger partial charge in [0.15, 0.2) is 5.71 Å². The first-order chi connectivity index (χ1) is 9.99. The zero-order valence-corrected chi connectivity index (χ0v) is 11.5. The van der Waals surface area contributed by atoms with E-state index in [2.05, 4.69) is 20.0 Å². The summed E-state index contributed by atoms with van der Waals surface area (Å²) in [6.45, 7) is 0. The summed E-state index contributed by atoms with van der Waals surface area (Å²) in [6, 6.07) is 5.80. The number of aromatic hydroxyl groups is 1. The molecular weight excluding hydrogens is 280 g/mol. The molecule has 8 heteroatoms. The van der Waals surface area contributed by atoms with E-state index in [1.807, 2.05) is 0 Å². The van der Waals surface area contributed by atoms with Crippen molar-refractivity contribution in [2.75, 3.05) is 14.2 Å². The van der Waals surface area contributed by atoms with Crippen molar-refractivity contribution in [2.45, 2.75) is 6.42 Å². The van der Waals surface area contributed by atoms with E-state index in [4.69, 9.17) is 0 Å². The molecule has 21 heavy (non-hydrogen) atoms. The van der Waals surface area contributed by atoms with Crippen LogP contribution in [0, 0.1) is 0 Å². The molecule has 0 atom stereocenters. The molecule has 0 aliphatic carbocycles. The summed E-state index contributed by atoms with van der Waals surface area (Å²) in [5, 5.41) is 13.0. The fourth-order valence-electron chi connectivity index (χ4n) is 1.33. The Morgan fingerprint density at radius 2 is 1.86 bits per heavy atom. The average Bonchev–Trinajstić information content (AvgIpc) is 2.50. The number of benzene rings is 1. The first-order valence-corrected chi connectivity index (χ1v) is 5.79. The maximum atomic E-state index is 11.8. The lowest BCUT2D eigenvalue weighted by atomic mass is 10.2. The number of phenols is 1. The topological polar surface area (TPSA) is 114 Å². The maximum Gasteiger partial charge on any atom is 0.354 e. The zero-order valence-electron chi connectivity index (χ0n) is 11.5. The van der Waals surface area contributed by atoms with E-state index in [1.54, 1.807) is 12.1 Å². The number of para-hydroxylation sites is 1. The van der Waals surface area contributed by atoms with Crippen LogP contribution in [0.4, 0.5) is 0 Å². The van der Waals surface area contributed by atoms with Crippen molar-refractivity contribution in [3.63, 3.8) is 0 Å². The highest BCUT2D eigenvalue weighted by atomic mass is 16.5. The Hall–Kier alpha value is -2.90. The van der Waals surface area contributed by atoms with Crippen LogP contribution in [0.2, 0.25) is 0 Å². The highest BCUT2D eigenvalue weighted by molar-refractivity contribution is 6.39. The number of hydrazone groups is 1. The molecule has 0 aromatic heterocycles. The van der Waals surface area contributed by atoms with Crippen molar-refractivity contribution >= 4 is 23.6 Å². The van der Waals surface area contributed by atoms with Gasteiger partial charge in [-0.3, -0.25) is 9.59 Å². The number of hydrogen-bond donors (Lipinski definition) is 2. The summed E-state index contributed by atoms with van der Waals surface area (Å²) < 4.78 is 8.85. The first-order valence-electron chi connectivity index (χ1n) is 5.79. The van der Waals surface area contributed by atoms with E-state index >= 15 is 0 Å². The van der Waals surface area contributed by atoms with Crippen LogP contribution >= 0.6 is 0 Å². The Morgan fingerprint density at radius 1 is 1.19 bits per heavy atom. The minimum Gasteiger partial charge on any atom is -0.507 e. The maximum absolute atomic E-state index is 11.8. The highest BCUT2D eigenvalue weighted by Crippen LogP contribution is 2.14. The zero-order chi connectivity index (χ0) is 15.8. The van der Waals surface area contributed by atoms with Gasteiger partial charge in [-0.2, -0.15) is 5.10 Å². The lowest BCUT2D eigenvalue weighted by Crippen LogP contribution is -2.26. The van der Waals surface area contributed by atoms with Crippen molar-refractivity contribution in [3.05, 3.63) is 29.8 Å². The summed E-state index contributed by atoms with van der Waals surface area (Å²) in [4.78, 5) is 34.4. The Kier molecular flexibility index (Phi) is 5.87. The van der Waals surface area contributed by atoms with Gasteiger partial charge in [-0.05, 0) is 12.1 Å². The van der Waals surface area contributed by atoms with Crippen LogP contribution in [-0.2, 0) is 19.1 Å². The molecule has 0 aliphatic rings. The van der Waals surface area contributed by atoms with E-state index in [9.17, 15) is 19.5 Å². The van der Waals surface area contributed by atoms with Crippen molar-refractivity contribution in [3.8, 4) is 5.75 Å². The van der Waals surface area contributed by atoms with E-state index in [0.717, 1.165) is 14.2 Å². The summed E-state index contributed by atoms with van der Waals surface area (Å²) in [5.74, 6) is -2.56. The van der Waals surface area contributed by atoms with E-state index < -0.39 is 24.3 Å². The third kappa shape index (κ3) is 4.60. The average molecular weight is 294 g/mol. The molecule has 0 saturated carbocycles. The normalized spacial score (nSPS) is 10.7. The molecule has 0 bridgehead atoms. The predicted molar refractivity (Wildman–Crippen MR) is 71.7 cm³/mol. The number of amides is 1. The highest BCUT2D eigenvalue weighted by Gasteiger charge is 2.18. The molecular formula is C13H14N2O6.